The zero-order chi connectivity index (χ0) is 17.8. The van der Waals surface area contributed by atoms with E-state index in [9.17, 15) is 0 Å². The molecule has 5 heteroatoms. The zero-order valence-corrected chi connectivity index (χ0v) is 15.0. The van der Waals surface area contributed by atoms with Crippen molar-refractivity contribution < 1.29 is 9.47 Å². The van der Waals surface area contributed by atoms with Gasteiger partial charge in [0.2, 0.25) is 5.95 Å². The summed E-state index contributed by atoms with van der Waals surface area (Å²) in [6, 6.07) is 14.2. The number of benzene rings is 2. The normalized spacial score (nSPS) is 10.6. The van der Waals surface area contributed by atoms with E-state index in [4.69, 9.17) is 9.47 Å². The molecule has 0 fully saturated rings. The lowest BCUT2D eigenvalue weighted by molar-refractivity contribution is 0.391. The van der Waals surface area contributed by atoms with Gasteiger partial charge >= 0.3 is 0 Å². The van der Waals surface area contributed by atoms with E-state index in [1.807, 2.05) is 31.4 Å². The van der Waals surface area contributed by atoms with E-state index in [-0.39, 0.29) is 0 Å². The van der Waals surface area contributed by atoms with Crippen LogP contribution in [-0.4, -0.2) is 23.8 Å². The van der Waals surface area contributed by atoms with Crippen molar-refractivity contribution in [3.63, 3.8) is 0 Å². The molecule has 1 aromatic heterocycles. The van der Waals surface area contributed by atoms with E-state index >= 15 is 0 Å². The van der Waals surface area contributed by atoms with Gasteiger partial charge in [-0.15, -0.1) is 0 Å². The smallest absolute Gasteiger partial charge is 0.203 e. The number of aryl methyl sites for hydroxylation is 1. The van der Waals surface area contributed by atoms with Crippen LogP contribution in [-0.2, 0) is 13.6 Å². The van der Waals surface area contributed by atoms with E-state index < -0.39 is 0 Å². The standard InChI is InChI=1S/C20H23N3O2/c1-14-5-7-15(8-6-14)18-13-22-20(23(18)2)21-12-16-9-10-17(24-3)11-19(16)25-4/h5-11,13H,12H2,1-4H3,(H,21,22). The summed E-state index contributed by atoms with van der Waals surface area (Å²) in [7, 11) is 5.32. The minimum atomic E-state index is 0.616. The van der Waals surface area contributed by atoms with Crippen LogP contribution in [0.5, 0.6) is 11.5 Å². The summed E-state index contributed by atoms with van der Waals surface area (Å²) >= 11 is 0. The fourth-order valence-electron chi connectivity index (χ4n) is 2.74. The molecule has 0 saturated heterocycles. The second-order valence-corrected chi connectivity index (χ2v) is 5.92. The molecule has 1 heterocycles. The van der Waals surface area contributed by atoms with E-state index in [0.717, 1.165) is 34.3 Å². The summed E-state index contributed by atoms with van der Waals surface area (Å²) in [4.78, 5) is 4.51. The van der Waals surface area contributed by atoms with Crippen LogP contribution in [0.1, 0.15) is 11.1 Å². The fraction of sp³-hybridized carbons (Fsp3) is 0.250. The molecular weight excluding hydrogens is 314 g/mol. The molecule has 3 rings (SSSR count). The van der Waals surface area contributed by atoms with Gasteiger partial charge < -0.3 is 19.4 Å². The Hall–Kier alpha value is -2.95. The third-order valence-electron chi connectivity index (χ3n) is 4.27. The van der Waals surface area contributed by atoms with Gasteiger partial charge in [0.25, 0.3) is 0 Å². The molecule has 0 aliphatic heterocycles. The Bertz CT molecular complexity index is 854. The maximum Gasteiger partial charge on any atom is 0.203 e. The predicted molar refractivity (Wildman–Crippen MR) is 100 cm³/mol. The Morgan fingerprint density at radius 2 is 1.80 bits per heavy atom. The summed E-state index contributed by atoms with van der Waals surface area (Å²) in [5.74, 6) is 2.38. The first-order chi connectivity index (χ1) is 12.1. The van der Waals surface area contributed by atoms with Crippen LogP contribution >= 0.6 is 0 Å². The highest BCUT2D eigenvalue weighted by molar-refractivity contribution is 5.62. The van der Waals surface area contributed by atoms with Crippen molar-refractivity contribution in [3.8, 4) is 22.8 Å². The Morgan fingerprint density at radius 3 is 2.48 bits per heavy atom. The van der Waals surface area contributed by atoms with Gasteiger partial charge in [0.15, 0.2) is 0 Å². The number of rotatable bonds is 6. The van der Waals surface area contributed by atoms with Crippen molar-refractivity contribution in [1.29, 1.82) is 0 Å². The summed E-state index contributed by atoms with van der Waals surface area (Å²) in [5, 5.41) is 3.37. The van der Waals surface area contributed by atoms with Gasteiger partial charge in [-0.25, -0.2) is 4.98 Å². The van der Waals surface area contributed by atoms with Crippen LogP contribution in [0.25, 0.3) is 11.3 Å². The Morgan fingerprint density at radius 1 is 1.04 bits per heavy atom. The number of nitrogens with zero attached hydrogens (tertiary/aromatic N) is 2. The van der Waals surface area contributed by atoms with Crippen molar-refractivity contribution in [3.05, 3.63) is 59.8 Å². The van der Waals surface area contributed by atoms with Crippen LogP contribution in [0.3, 0.4) is 0 Å². The number of aromatic nitrogens is 2. The summed E-state index contributed by atoms with van der Waals surface area (Å²) in [6.45, 7) is 2.70. The Labute approximate surface area is 148 Å². The average molecular weight is 337 g/mol. The molecule has 5 nitrogen and oxygen atoms in total. The monoisotopic (exact) mass is 337 g/mol. The van der Waals surface area contributed by atoms with Gasteiger partial charge in [-0.05, 0) is 24.6 Å². The minimum absolute atomic E-state index is 0.616. The number of methoxy groups -OCH3 is 2. The van der Waals surface area contributed by atoms with Crippen molar-refractivity contribution in [2.75, 3.05) is 19.5 Å². The predicted octanol–water partition coefficient (Wildman–Crippen LogP) is 4.02. The van der Waals surface area contributed by atoms with Gasteiger partial charge in [-0.2, -0.15) is 0 Å². The average Bonchev–Trinajstić information content (AvgIpc) is 3.01. The highest BCUT2D eigenvalue weighted by Crippen LogP contribution is 2.26. The Balaban J connectivity index is 1.77. The first kappa shape index (κ1) is 16.9. The van der Waals surface area contributed by atoms with E-state index in [1.165, 1.54) is 5.56 Å². The molecule has 0 atom stereocenters. The fourth-order valence-corrected chi connectivity index (χ4v) is 2.74. The van der Waals surface area contributed by atoms with Gasteiger partial charge in [0.05, 0.1) is 26.1 Å². The second-order valence-electron chi connectivity index (χ2n) is 5.92. The number of hydrogen-bond donors (Lipinski definition) is 1. The molecule has 0 amide bonds. The minimum Gasteiger partial charge on any atom is -0.497 e. The third kappa shape index (κ3) is 3.60. The molecule has 0 bridgehead atoms. The molecule has 1 N–H and O–H groups in total. The van der Waals surface area contributed by atoms with Crippen LogP contribution in [0.4, 0.5) is 5.95 Å². The molecule has 0 aliphatic carbocycles. The molecule has 0 unspecified atom stereocenters. The molecule has 2 aromatic carbocycles. The van der Waals surface area contributed by atoms with Gasteiger partial charge in [0.1, 0.15) is 11.5 Å². The second kappa shape index (κ2) is 7.30. The summed E-state index contributed by atoms with van der Waals surface area (Å²) in [5.41, 5.74) is 4.51. The van der Waals surface area contributed by atoms with Crippen LogP contribution in [0.2, 0.25) is 0 Å². The van der Waals surface area contributed by atoms with Gasteiger partial charge in [-0.1, -0.05) is 29.8 Å². The first-order valence-electron chi connectivity index (χ1n) is 8.16. The molecule has 0 radical (unpaired) electrons. The quantitative estimate of drug-likeness (QED) is 0.738. The van der Waals surface area contributed by atoms with Crippen LogP contribution < -0.4 is 14.8 Å². The van der Waals surface area contributed by atoms with Gasteiger partial charge in [0, 0.05) is 25.2 Å². The molecule has 25 heavy (non-hydrogen) atoms. The number of ether oxygens (including phenoxy) is 2. The number of hydrogen-bond acceptors (Lipinski definition) is 4. The zero-order valence-electron chi connectivity index (χ0n) is 15.0. The topological polar surface area (TPSA) is 48.3 Å². The molecule has 0 saturated carbocycles. The van der Waals surface area contributed by atoms with Crippen LogP contribution in [0.15, 0.2) is 48.7 Å². The lowest BCUT2D eigenvalue weighted by atomic mass is 10.1. The Kier molecular flexibility index (Phi) is 4.93. The van der Waals surface area contributed by atoms with Gasteiger partial charge in [-0.3, -0.25) is 0 Å². The summed E-state index contributed by atoms with van der Waals surface area (Å²) < 4.78 is 12.7. The van der Waals surface area contributed by atoms with Crippen molar-refractivity contribution >= 4 is 5.95 Å². The van der Waals surface area contributed by atoms with E-state index in [0.29, 0.717) is 6.54 Å². The lowest BCUT2D eigenvalue weighted by Crippen LogP contribution is -2.07. The van der Waals surface area contributed by atoms with Crippen molar-refractivity contribution in [2.24, 2.45) is 7.05 Å². The number of imidazole rings is 1. The lowest BCUT2D eigenvalue weighted by Gasteiger charge is -2.12. The summed E-state index contributed by atoms with van der Waals surface area (Å²) in [6.07, 6.45) is 1.89. The van der Waals surface area contributed by atoms with E-state index in [1.54, 1.807) is 14.2 Å². The molecular formula is C20H23N3O2. The number of nitrogens with one attached hydrogen (secondary N) is 1. The van der Waals surface area contributed by atoms with Crippen LogP contribution in [0, 0.1) is 6.92 Å². The number of anilines is 1. The van der Waals surface area contributed by atoms with E-state index in [2.05, 4.69) is 46.1 Å². The molecule has 130 valence electrons. The highest BCUT2D eigenvalue weighted by atomic mass is 16.5. The molecule has 0 aliphatic rings. The largest absolute Gasteiger partial charge is 0.497 e. The third-order valence-corrected chi connectivity index (χ3v) is 4.27. The van der Waals surface area contributed by atoms with Crippen molar-refractivity contribution in [2.45, 2.75) is 13.5 Å². The molecule has 0 spiro atoms. The van der Waals surface area contributed by atoms with Crippen molar-refractivity contribution in [1.82, 2.24) is 9.55 Å². The maximum atomic E-state index is 5.45. The maximum absolute atomic E-state index is 5.45. The highest BCUT2D eigenvalue weighted by Gasteiger charge is 2.10. The molecule has 3 aromatic rings. The SMILES string of the molecule is COc1ccc(CNc2ncc(-c3ccc(C)cc3)n2C)c(OC)c1. The first-order valence-corrected chi connectivity index (χ1v) is 8.16.